The van der Waals surface area contributed by atoms with Crippen LogP contribution in [0.2, 0.25) is 0 Å². The number of hydrogen-bond acceptors (Lipinski definition) is 4. The Balaban J connectivity index is 2.07. The third-order valence-electron chi connectivity index (χ3n) is 2.45. The van der Waals surface area contributed by atoms with Crippen molar-refractivity contribution in [1.82, 2.24) is 5.32 Å². The molecular formula is C12H12N2O4. The maximum Gasteiger partial charge on any atom is 0.287 e. The standard InChI is InChI=1S/C12H12N2O4/c1-7(15)12(17)13-5-8-2-3-10-9(4-8)14-11(16)6-18-10/h2-4H,5-6H2,1H3,(H,13,17)(H,14,16). The van der Waals surface area contributed by atoms with E-state index >= 15 is 0 Å². The summed E-state index contributed by atoms with van der Waals surface area (Å²) in [4.78, 5) is 33.0. The predicted molar refractivity (Wildman–Crippen MR) is 63.1 cm³/mol. The first-order chi connectivity index (χ1) is 8.56. The van der Waals surface area contributed by atoms with E-state index in [0.29, 0.717) is 11.4 Å². The molecule has 1 aromatic rings. The van der Waals surface area contributed by atoms with Crippen molar-refractivity contribution in [3.63, 3.8) is 0 Å². The van der Waals surface area contributed by atoms with Crippen molar-refractivity contribution in [2.45, 2.75) is 13.5 Å². The topological polar surface area (TPSA) is 84.5 Å². The molecule has 0 aliphatic carbocycles. The highest BCUT2D eigenvalue weighted by Gasteiger charge is 2.16. The van der Waals surface area contributed by atoms with Crippen LogP contribution in [0.5, 0.6) is 5.75 Å². The van der Waals surface area contributed by atoms with E-state index in [1.54, 1.807) is 18.2 Å². The molecule has 2 N–H and O–H groups in total. The van der Waals surface area contributed by atoms with Gasteiger partial charge in [-0.15, -0.1) is 0 Å². The van der Waals surface area contributed by atoms with Gasteiger partial charge in [0, 0.05) is 13.5 Å². The molecule has 0 spiro atoms. The lowest BCUT2D eigenvalue weighted by Gasteiger charge is -2.18. The lowest BCUT2D eigenvalue weighted by Crippen LogP contribution is -2.29. The fourth-order valence-electron chi connectivity index (χ4n) is 1.55. The van der Waals surface area contributed by atoms with Crippen molar-refractivity contribution >= 4 is 23.3 Å². The average Bonchev–Trinajstić information content (AvgIpc) is 2.35. The largest absolute Gasteiger partial charge is 0.482 e. The number of benzene rings is 1. The Morgan fingerprint density at radius 1 is 1.44 bits per heavy atom. The fourth-order valence-corrected chi connectivity index (χ4v) is 1.55. The molecule has 1 aliphatic rings. The third-order valence-corrected chi connectivity index (χ3v) is 2.45. The van der Waals surface area contributed by atoms with Crippen molar-refractivity contribution in [2.75, 3.05) is 11.9 Å². The monoisotopic (exact) mass is 248 g/mol. The maximum absolute atomic E-state index is 11.1. The molecule has 2 amide bonds. The number of carbonyl (C=O) groups excluding carboxylic acids is 3. The Hall–Kier alpha value is -2.37. The Labute approximate surface area is 103 Å². The second kappa shape index (κ2) is 4.87. The van der Waals surface area contributed by atoms with Crippen LogP contribution in [0.15, 0.2) is 18.2 Å². The quantitative estimate of drug-likeness (QED) is 0.749. The number of Topliss-reactive ketones (excluding diaryl/α,β-unsaturated/α-hetero) is 1. The molecule has 18 heavy (non-hydrogen) atoms. The maximum atomic E-state index is 11.1. The minimum atomic E-state index is -0.631. The number of rotatable bonds is 3. The lowest BCUT2D eigenvalue weighted by atomic mass is 10.1. The summed E-state index contributed by atoms with van der Waals surface area (Å²) in [5, 5.41) is 5.14. The van der Waals surface area contributed by atoms with Crippen molar-refractivity contribution in [3.8, 4) is 5.75 Å². The molecule has 1 heterocycles. The van der Waals surface area contributed by atoms with E-state index < -0.39 is 11.7 Å². The summed E-state index contributed by atoms with van der Waals surface area (Å²) in [5.41, 5.74) is 1.34. The molecule has 0 fully saturated rings. The normalized spacial score (nSPS) is 13.1. The van der Waals surface area contributed by atoms with E-state index in [0.717, 1.165) is 5.56 Å². The summed E-state index contributed by atoms with van der Waals surface area (Å²) >= 11 is 0. The molecule has 0 atom stereocenters. The Morgan fingerprint density at radius 3 is 2.94 bits per heavy atom. The van der Waals surface area contributed by atoms with Gasteiger partial charge in [-0.25, -0.2) is 0 Å². The van der Waals surface area contributed by atoms with Gasteiger partial charge in [0.15, 0.2) is 6.61 Å². The molecule has 0 saturated heterocycles. The fraction of sp³-hybridized carbons (Fsp3) is 0.250. The van der Waals surface area contributed by atoms with Gasteiger partial charge >= 0.3 is 0 Å². The third kappa shape index (κ3) is 2.65. The number of hydrogen-bond donors (Lipinski definition) is 2. The number of anilines is 1. The van der Waals surface area contributed by atoms with Gasteiger partial charge in [0.05, 0.1) is 5.69 Å². The van der Waals surface area contributed by atoms with Crippen LogP contribution in [-0.4, -0.2) is 24.2 Å². The Bertz CT molecular complexity index is 525. The highest BCUT2D eigenvalue weighted by molar-refractivity contribution is 6.35. The smallest absolute Gasteiger partial charge is 0.287 e. The van der Waals surface area contributed by atoms with Crippen LogP contribution >= 0.6 is 0 Å². The molecule has 0 bridgehead atoms. The number of ketones is 1. The highest BCUT2D eigenvalue weighted by Crippen LogP contribution is 2.28. The zero-order valence-electron chi connectivity index (χ0n) is 9.78. The number of ether oxygens (including phenoxy) is 1. The first kappa shape index (κ1) is 12.1. The van der Waals surface area contributed by atoms with Gasteiger partial charge < -0.3 is 15.4 Å². The summed E-state index contributed by atoms with van der Waals surface area (Å²) < 4.78 is 5.20. The summed E-state index contributed by atoms with van der Waals surface area (Å²) in [6.07, 6.45) is 0. The second-order valence-electron chi connectivity index (χ2n) is 3.91. The van der Waals surface area contributed by atoms with E-state index in [1.807, 2.05) is 0 Å². The van der Waals surface area contributed by atoms with E-state index in [9.17, 15) is 14.4 Å². The molecule has 1 aliphatic heterocycles. The van der Waals surface area contributed by atoms with Crippen molar-refractivity contribution < 1.29 is 19.1 Å². The number of amides is 2. The van der Waals surface area contributed by atoms with E-state index in [2.05, 4.69) is 10.6 Å². The van der Waals surface area contributed by atoms with Crippen molar-refractivity contribution in [2.24, 2.45) is 0 Å². The zero-order chi connectivity index (χ0) is 13.1. The van der Waals surface area contributed by atoms with E-state index in [1.165, 1.54) is 6.92 Å². The Morgan fingerprint density at radius 2 is 2.22 bits per heavy atom. The minimum Gasteiger partial charge on any atom is -0.482 e. The van der Waals surface area contributed by atoms with Crippen LogP contribution in [0.4, 0.5) is 5.69 Å². The van der Waals surface area contributed by atoms with Crippen LogP contribution in [0.3, 0.4) is 0 Å². The first-order valence-electron chi connectivity index (χ1n) is 5.40. The molecule has 0 aromatic heterocycles. The lowest BCUT2D eigenvalue weighted by molar-refractivity contribution is -0.136. The van der Waals surface area contributed by atoms with Crippen LogP contribution in [0.25, 0.3) is 0 Å². The summed E-state index contributed by atoms with van der Waals surface area (Å²) in [5.74, 6) is -0.790. The molecule has 0 saturated carbocycles. The average molecular weight is 248 g/mol. The van der Waals surface area contributed by atoms with Gasteiger partial charge in [0.1, 0.15) is 5.75 Å². The predicted octanol–water partition coefficient (Wildman–Crippen LogP) is 0.223. The molecule has 0 unspecified atom stereocenters. The second-order valence-corrected chi connectivity index (χ2v) is 3.91. The van der Waals surface area contributed by atoms with Crippen molar-refractivity contribution in [3.05, 3.63) is 23.8 Å². The van der Waals surface area contributed by atoms with Gasteiger partial charge in [0.2, 0.25) is 5.78 Å². The Kier molecular flexibility index (Phi) is 3.27. The molecule has 1 aromatic carbocycles. The first-order valence-corrected chi connectivity index (χ1v) is 5.40. The van der Waals surface area contributed by atoms with Crippen LogP contribution < -0.4 is 15.4 Å². The summed E-state index contributed by atoms with van der Waals surface area (Å²) in [6.45, 7) is 1.44. The number of fused-ring (bicyclic) bond motifs is 1. The summed E-state index contributed by atoms with van der Waals surface area (Å²) in [6, 6.07) is 5.17. The number of carbonyl (C=O) groups is 3. The molecule has 0 radical (unpaired) electrons. The van der Waals surface area contributed by atoms with Gasteiger partial charge in [-0.2, -0.15) is 0 Å². The highest BCUT2D eigenvalue weighted by atomic mass is 16.5. The van der Waals surface area contributed by atoms with Crippen LogP contribution in [-0.2, 0) is 20.9 Å². The van der Waals surface area contributed by atoms with Gasteiger partial charge in [-0.1, -0.05) is 6.07 Å². The molecule has 2 rings (SSSR count). The number of nitrogens with one attached hydrogen (secondary N) is 2. The van der Waals surface area contributed by atoms with Crippen LogP contribution in [0.1, 0.15) is 12.5 Å². The molecular weight excluding hydrogens is 236 g/mol. The molecule has 6 heteroatoms. The van der Waals surface area contributed by atoms with Gasteiger partial charge in [-0.3, -0.25) is 14.4 Å². The molecule has 6 nitrogen and oxygen atoms in total. The minimum absolute atomic E-state index is 0.00736. The van der Waals surface area contributed by atoms with Gasteiger partial charge in [-0.05, 0) is 17.7 Å². The zero-order valence-corrected chi connectivity index (χ0v) is 9.78. The van der Waals surface area contributed by atoms with Crippen LogP contribution in [0, 0.1) is 0 Å². The van der Waals surface area contributed by atoms with Crippen molar-refractivity contribution in [1.29, 1.82) is 0 Å². The van der Waals surface area contributed by atoms with E-state index in [4.69, 9.17) is 4.74 Å². The summed E-state index contributed by atoms with van der Waals surface area (Å²) in [7, 11) is 0. The van der Waals surface area contributed by atoms with Gasteiger partial charge in [0.25, 0.3) is 11.8 Å². The van der Waals surface area contributed by atoms with E-state index in [-0.39, 0.29) is 19.1 Å². The SMILES string of the molecule is CC(=O)C(=O)NCc1ccc2c(c1)NC(=O)CO2. The molecule has 94 valence electrons.